The van der Waals surface area contributed by atoms with Gasteiger partial charge in [0.2, 0.25) is 0 Å². The van der Waals surface area contributed by atoms with Gasteiger partial charge in [0.15, 0.2) is 0 Å². The number of likely N-dealkylation sites (tertiary alicyclic amines) is 1. The fourth-order valence-electron chi connectivity index (χ4n) is 4.58. The Hall–Kier alpha value is -1.23. The molecule has 3 fully saturated rings. The number of halogens is 1. The number of fused-ring (bicyclic) bond motifs is 1. The Morgan fingerprint density at radius 2 is 2.18 bits per heavy atom. The maximum absolute atomic E-state index is 12.9. The van der Waals surface area contributed by atoms with Crippen molar-refractivity contribution in [2.45, 2.75) is 24.5 Å². The molecule has 118 valence electrons. The number of nitrogens with zero attached hydrogens (tertiary/aromatic N) is 1. The van der Waals surface area contributed by atoms with Gasteiger partial charge in [-0.1, -0.05) is 24.3 Å². The number of aliphatic hydroxyl groups excluding tert-OH is 1. The van der Waals surface area contributed by atoms with Crippen molar-refractivity contribution in [1.29, 1.82) is 0 Å². The maximum atomic E-state index is 12.9. The molecular formula is C18H22FNO2. The molecule has 3 heterocycles. The van der Waals surface area contributed by atoms with Crippen LogP contribution in [-0.2, 0) is 4.74 Å². The quantitative estimate of drug-likeness (QED) is 0.926. The summed E-state index contributed by atoms with van der Waals surface area (Å²) in [5.74, 6) is 0.599. The Labute approximate surface area is 130 Å². The molecule has 3 nitrogen and oxygen atoms in total. The number of hydrogen-bond donors (Lipinski definition) is 1. The number of hydrogen-bond acceptors (Lipinski definition) is 3. The van der Waals surface area contributed by atoms with Crippen molar-refractivity contribution in [2.75, 3.05) is 26.2 Å². The monoisotopic (exact) mass is 303 g/mol. The lowest BCUT2D eigenvalue weighted by Gasteiger charge is -2.28. The highest BCUT2D eigenvalue weighted by Gasteiger charge is 2.62. The van der Waals surface area contributed by atoms with Crippen LogP contribution in [0.4, 0.5) is 4.39 Å². The summed E-state index contributed by atoms with van der Waals surface area (Å²) in [6, 6.07) is 6.54. The molecule has 1 N–H and O–H groups in total. The summed E-state index contributed by atoms with van der Waals surface area (Å²) in [5, 5.41) is 9.62. The molecule has 0 saturated carbocycles. The molecule has 22 heavy (non-hydrogen) atoms. The lowest BCUT2D eigenvalue weighted by Crippen LogP contribution is -2.37. The van der Waals surface area contributed by atoms with Crippen LogP contribution in [0.5, 0.6) is 0 Å². The molecule has 3 aliphatic heterocycles. The second kappa shape index (κ2) is 5.44. The minimum atomic E-state index is -0.202. The highest BCUT2D eigenvalue weighted by molar-refractivity contribution is 5.49. The molecule has 3 saturated heterocycles. The summed E-state index contributed by atoms with van der Waals surface area (Å²) < 4.78 is 19.1. The Morgan fingerprint density at radius 1 is 1.36 bits per heavy atom. The van der Waals surface area contributed by atoms with E-state index in [0.717, 1.165) is 38.0 Å². The van der Waals surface area contributed by atoms with Gasteiger partial charge in [0.25, 0.3) is 0 Å². The summed E-state index contributed by atoms with van der Waals surface area (Å²) in [6.45, 7) is 3.10. The van der Waals surface area contributed by atoms with Gasteiger partial charge in [-0.05, 0) is 30.5 Å². The first-order valence-corrected chi connectivity index (χ1v) is 8.13. The molecule has 0 aromatic heterocycles. The molecule has 0 aliphatic carbocycles. The van der Waals surface area contributed by atoms with E-state index in [1.807, 2.05) is 6.08 Å². The lowest BCUT2D eigenvalue weighted by molar-refractivity contribution is 0.00197. The number of aliphatic hydroxyl groups is 1. The van der Waals surface area contributed by atoms with Crippen LogP contribution in [0.15, 0.2) is 30.3 Å². The Bertz CT molecular complexity index is 573. The van der Waals surface area contributed by atoms with Crippen molar-refractivity contribution in [1.82, 2.24) is 4.90 Å². The van der Waals surface area contributed by atoms with Crippen molar-refractivity contribution in [3.63, 3.8) is 0 Å². The third-order valence-electron chi connectivity index (χ3n) is 5.61. The molecule has 4 heteroatoms. The van der Waals surface area contributed by atoms with E-state index in [1.165, 1.54) is 12.1 Å². The summed E-state index contributed by atoms with van der Waals surface area (Å²) in [7, 11) is 0. The molecule has 1 spiro atoms. The second-order valence-electron chi connectivity index (χ2n) is 6.86. The molecule has 1 aromatic carbocycles. The third-order valence-corrected chi connectivity index (χ3v) is 5.61. The molecule has 4 atom stereocenters. The first kappa shape index (κ1) is 14.4. The average molecular weight is 303 g/mol. The molecule has 2 bridgehead atoms. The van der Waals surface area contributed by atoms with Gasteiger partial charge in [-0.2, -0.15) is 0 Å². The van der Waals surface area contributed by atoms with Crippen molar-refractivity contribution in [3.8, 4) is 0 Å². The van der Waals surface area contributed by atoms with E-state index < -0.39 is 0 Å². The second-order valence-corrected chi connectivity index (χ2v) is 6.86. The van der Waals surface area contributed by atoms with Crippen LogP contribution in [0.3, 0.4) is 0 Å². The van der Waals surface area contributed by atoms with Gasteiger partial charge in [0, 0.05) is 38.1 Å². The predicted octanol–water partition coefficient (Wildman–Crippen LogP) is 2.31. The largest absolute Gasteiger partial charge is 0.396 e. The predicted molar refractivity (Wildman–Crippen MR) is 82.8 cm³/mol. The van der Waals surface area contributed by atoms with Crippen molar-refractivity contribution < 1.29 is 14.2 Å². The van der Waals surface area contributed by atoms with Gasteiger partial charge in [-0.25, -0.2) is 4.39 Å². The highest BCUT2D eigenvalue weighted by atomic mass is 19.1. The van der Waals surface area contributed by atoms with Crippen LogP contribution in [0, 0.1) is 17.7 Å². The van der Waals surface area contributed by atoms with E-state index in [1.54, 1.807) is 12.1 Å². The summed E-state index contributed by atoms with van der Waals surface area (Å²) in [4.78, 5) is 2.41. The Morgan fingerprint density at radius 3 is 2.95 bits per heavy atom. The molecule has 1 aromatic rings. The van der Waals surface area contributed by atoms with Crippen LogP contribution < -0.4 is 0 Å². The summed E-state index contributed by atoms with van der Waals surface area (Å²) in [6.07, 6.45) is 6.68. The number of benzene rings is 1. The minimum Gasteiger partial charge on any atom is -0.396 e. The van der Waals surface area contributed by atoms with Crippen LogP contribution >= 0.6 is 0 Å². The number of ether oxygens (including phenoxy) is 1. The Balaban J connectivity index is 1.38. The van der Waals surface area contributed by atoms with Crippen LogP contribution in [0.1, 0.15) is 18.4 Å². The molecule has 0 amide bonds. The van der Waals surface area contributed by atoms with Gasteiger partial charge >= 0.3 is 0 Å². The molecule has 0 radical (unpaired) electrons. The van der Waals surface area contributed by atoms with Gasteiger partial charge in [0.1, 0.15) is 5.82 Å². The lowest BCUT2D eigenvalue weighted by atomic mass is 9.74. The zero-order valence-electron chi connectivity index (χ0n) is 12.6. The molecule has 0 unspecified atom stereocenters. The highest BCUT2D eigenvalue weighted by Crippen LogP contribution is 2.54. The zero-order valence-corrected chi connectivity index (χ0v) is 12.6. The van der Waals surface area contributed by atoms with Gasteiger partial charge in [-0.15, -0.1) is 0 Å². The van der Waals surface area contributed by atoms with Crippen LogP contribution in [-0.4, -0.2) is 48.0 Å². The fraction of sp³-hybridized carbons (Fsp3) is 0.556. The van der Waals surface area contributed by atoms with Gasteiger partial charge < -0.3 is 9.84 Å². The van der Waals surface area contributed by atoms with Crippen molar-refractivity contribution in [3.05, 3.63) is 41.7 Å². The average Bonchev–Trinajstić information content (AvgIpc) is 3.16. The maximum Gasteiger partial charge on any atom is 0.123 e. The van der Waals surface area contributed by atoms with Gasteiger partial charge in [0.05, 0.1) is 11.7 Å². The van der Waals surface area contributed by atoms with Gasteiger partial charge in [-0.3, -0.25) is 4.90 Å². The van der Waals surface area contributed by atoms with Crippen molar-refractivity contribution in [2.24, 2.45) is 11.8 Å². The topological polar surface area (TPSA) is 32.7 Å². The zero-order chi connectivity index (χ0) is 15.2. The Kier molecular flexibility index (Phi) is 3.56. The summed E-state index contributed by atoms with van der Waals surface area (Å²) >= 11 is 0. The SMILES string of the molecule is OC[C@H]1[C@H]2CN(C/C=C/c3ccc(F)cc3)C[C@]23CC[C@H]1O3. The molecular weight excluding hydrogens is 281 g/mol. The minimum absolute atomic E-state index is 0.00176. The fourth-order valence-corrected chi connectivity index (χ4v) is 4.58. The van der Waals surface area contributed by atoms with E-state index in [9.17, 15) is 9.50 Å². The van der Waals surface area contributed by atoms with E-state index in [-0.39, 0.29) is 24.1 Å². The van der Waals surface area contributed by atoms with E-state index in [4.69, 9.17) is 4.74 Å². The smallest absolute Gasteiger partial charge is 0.123 e. The van der Waals surface area contributed by atoms with E-state index >= 15 is 0 Å². The van der Waals surface area contributed by atoms with Crippen molar-refractivity contribution >= 4 is 6.08 Å². The van der Waals surface area contributed by atoms with E-state index in [2.05, 4.69) is 11.0 Å². The molecule has 4 rings (SSSR count). The number of rotatable bonds is 4. The van der Waals surface area contributed by atoms with Crippen LogP contribution in [0.25, 0.3) is 6.08 Å². The normalized spacial score (nSPS) is 37.3. The van der Waals surface area contributed by atoms with Crippen LogP contribution in [0.2, 0.25) is 0 Å². The first-order valence-electron chi connectivity index (χ1n) is 8.13. The third kappa shape index (κ3) is 2.30. The standard InChI is InChI=1S/C18H22FNO2/c19-14-5-3-13(4-6-14)2-1-9-20-10-16-15(11-21)17-7-8-18(16,12-20)22-17/h1-6,15-17,21H,7-12H2/b2-1+/t15-,16+,17+,18+/m0/s1. The first-order chi connectivity index (χ1) is 10.7. The van der Waals surface area contributed by atoms with E-state index in [0.29, 0.717) is 11.8 Å². The molecule has 3 aliphatic rings. The summed E-state index contributed by atoms with van der Waals surface area (Å²) in [5.41, 5.74) is 1.02.